The number of H-pyrrole nitrogens is 1. The van der Waals surface area contributed by atoms with E-state index in [-0.39, 0.29) is 0 Å². The van der Waals surface area contributed by atoms with Crippen LogP contribution < -0.4 is 4.74 Å². The molecule has 0 spiro atoms. The van der Waals surface area contributed by atoms with Crippen molar-refractivity contribution in [2.45, 2.75) is 6.92 Å². The summed E-state index contributed by atoms with van der Waals surface area (Å²) < 4.78 is 5.73. The van der Waals surface area contributed by atoms with Gasteiger partial charge >= 0.3 is 0 Å². The maximum Gasteiger partial charge on any atom is 0.145 e. The molecule has 0 aliphatic heterocycles. The summed E-state index contributed by atoms with van der Waals surface area (Å²) in [4.78, 5) is 4.01. The highest BCUT2D eigenvalue weighted by Crippen LogP contribution is 2.26. The van der Waals surface area contributed by atoms with E-state index < -0.39 is 0 Å². The molecule has 0 amide bonds. The van der Waals surface area contributed by atoms with Crippen LogP contribution in [0.1, 0.15) is 5.56 Å². The fourth-order valence-electron chi connectivity index (χ4n) is 1.80. The number of nitrogens with one attached hydrogen (secondary N) is 1. The molecule has 17 heavy (non-hydrogen) atoms. The van der Waals surface area contributed by atoms with Gasteiger partial charge in [-0.05, 0) is 30.7 Å². The Hall–Kier alpha value is -2.36. The summed E-state index contributed by atoms with van der Waals surface area (Å²) in [5, 5.41) is 8.07. The Morgan fingerprint density at radius 2 is 2.12 bits per heavy atom. The van der Waals surface area contributed by atoms with Crippen LogP contribution in [0.2, 0.25) is 0 Å². The van der Waals surface area contributed by atoms with E-state index in [0.29, 0.717) is 0 Å². The van der Waals surface area contributed by atoms with Crippen LogP contribution in [0, 0.1) is 6.92 Å². The lowest BCUT2D eigenvalue weighted by Crippen LogP contribution is -1.86. The number of aryl methyl sites for hydroxylation is 1. The summed E-state index contributed by atoms with van der Waals surface area (Å²) in [6.45, 7) is 2.04. The molecule has 4 nitrogen and oxygen atoms in total. The molecule has 1 N–H and O–H groups in total. The van der Waals surface area contributed by atoms with E-state index in [0.717, 1.165) is 28.0 Å². The van der Waals surface area contributed by atoms with Crippen molar-refractivity contribution in [1.29, 1.82) is 0 Å². The van der Waals surface area contributed by atoms with Crippen LogP contribution in [0.5, 0.6) is 11.5 Å². The maximum atomic E-state index is 5.73. The molecule has 2 heterocycles. The zero-order valence-corrected chi connectivity index (χ0v) is 9.34. The first-order chi connectivity index (χ1) is 8.33. The monoisotopic (exact) mass is 225 g/mol. The number of nitrogens with zero attached hydrogens (tertiary/aromatic N) is 2. The molecule has 0 fully saturated rings. The van der Waals surface area contributed by atoms with E-state index in [1.165, 1.54) is 0 Å². The van der Waals surface area contributed by atoms with Gasteiger partial charge < -0.3 is 4.74 Å². The average molecular weight is 225 g/mol. The number of hydrogen-bond acceptors (Lipinski definition) is 3. The molecule has 0 bridgehead atoms. The minimum Gasteiger partial charge on any atom is -0.456 e. The molecule has 0 saturated carbocycles. The molecule has 0 radical (unpaired) electrons. The van der Waals surface area contributed by atoms with Crippen LogP contribution >= 0.6 is 0 Å². The molecular formula is C13H11N3O. The molecule has 1 aromatic carbocycles. The summed E-state index contributed by atoms with van der Waals surface area (Å²) >= 11 is 0. The molecule has 3 aromatic rings. The Morgan fingerprint density at radius 1 is 1.18 bits per heavy atom. The van der Waals surface area contributed by atoms with E-state index in [1.807, 2.05) is 37.4 Å². The van der Waals surface area contributed by atoms with E-state index in [9.17, 15) is 0 Å². The van der Waals surface area contributed by atoms with E-state index in [4.69, 9.17) is 4.74 Å². The molecular weight excluding hydrogens is 214 g/mol. The predicted octanol–water partition coefficient (Wildman–Crippen LogP) is 3.06. The second-order valence-electron chi connectivity index (χ2n) is 3.86. The fraction of sp³-hybridized carbons (Fsp3) is 0.0769. The lowest BCUT2D eigenvalue weighted by molar-refractivity contribution is 0.480. The van der Waals surface area contributed by atoms with Crippen LogP contribution in [0.3, 0.4) is 0 Å². The van der Waals surface area contributed by atoms with Gasteiger partial charge in [-0.25, -0.2) is 0 Å². The first-order valence-corrected chi connectivity index (χ1v) is 5.34. The Labute approximate surface area is 98.3 Å². The van der Waals surface area contributed by atoms with Gasteiger partial charge in [-0.1, -0.05) is 0 Å². The smallest absolute Gasteiger partial charge is 0.145 e. The number of ether oxygens (including phenoxy) is 1. The van der Waals surface area contributed by atoms with Crippen molar-refractivity contribution < 1.29 is 4.74 Å². The number of pyridine rings is 1. The van der Waals surface area contributed by atoms with Crippen molar-refractivity contribution in [3.63, 3.8) is 0 Å². The first-order valence-electron chi connectivity index (χ1n) is 5.34. The number of aromatic amines is 1. The van der Waals surface area contributed by atoms with Crippen LogP contribution in [-0.2, 0) is 0 Å². The van der Waals surface area contributed by atoms with Crippen LogP contribution in [-0.4, -0.2) is 15.2 Å². The third-order valence-corrected chi connectivity index (χ3v) is 2.61. The third kappa shape index (κ3) is 1.85. The van der Waals surface area contributed by atoms with Gasteiger partial charge in [-0.3, -0.25) is 10.1 Å². The number of benzene rings is 1. The van der Waals surface area contributed by atoms with Gasteiger partial charge in [0.2, 0.25) is 0 Å². The summed E-state index contributed by atoms with van der Waals surface area (Å²) in [5.41, 5.74) is 2.11. The summed E-state index contributed by atoms with van der Waals surface area (Å²) in [7, 11) is 0. The standard InChI is InChI=1S/C13H11N3O/c1-9-5-11(6-13-12(9)8-15-16-13)17-10-3-2-4-14-7-10/h2-8H,1H3,(H,15,16). The Balaban J connectivity index is 2.01. The highest BCUT2D eigenvalue weighted by Gasteiger charge is 2.04. The van der Waals surface area contributed by atoms with Gasteiger partial charge in [0.05, 0.1) is 17.9 Å². The van der Waals surface area contributed by atoms with Crippen LogP contribution in [0.25, 0.3) is 10.9 Å². The number of fused-ring (bicyclic) bond motifs is 1. The molecule has 0 saturated heterocycles. The normalized spacial score (nSPS) is 10.6. The first kappa shape index (κ1) is 9.84. The third-order valence-electron chi connectivity index (χ3n) is 2.61. The zero-order valence-electron chi connectivity index (χ0n) is 9.34. The number of aromatic nitrogens is 3. The lowest BCUT2D eigenvalue weighted by Gasteiger charge is -2.06. The van der Waals surface area contributed by atoms with Gasteiger partial charge in [0, 0.05) is 17.6 Å². The van der Waals surface area contributed by atoms with Crippen molar-refractivity contribution in [2.24, 2.45) is 0 Å². The van der Waals surface area contributed by atoms with Gasteiger partial charge in [-0.2, -0.15) is 5.10 Å². The maximum absolute atomic E-state index is 5.73. The fourth-order valence-corrected chi connectivity index (χ4v) is 1.80. The molecule has 0 unspecified atom stereocenters. The van der Waals surface area contributed by atoms with Crippen molar-refractivity contribution in [3.8, 4) is 11.5 Å². The van der Waals surface area contributed by atoms with Gasteiger partial charge in [0.15, 0.2) is 0 Å². The van der Waals surface area contributed by atoms with Crippen molar-refractivity contribution in [1.82, 2.24) is 15.2 Å². The summed E-state index contributed by atoms with van der Waals surface area (Å²) in [5.74, 6) is 1.51. The largest absolute Gasteiger partial charge is 0.456 e. The van der Waals surface area contributed by atoms with E-state index >= 15 is 0 Å². The Kier molecular flexibility index (Phi) is 2.26. The second-order valence-corrected chi connectivity index (χ2v) is 3.86. The molecule has 3 rings (SSSR count). The lowest BCUT2D eigenvalue weighted by atomic mass is 10.1. The van der Waals surface area contributed by atoms with E-state index in [1.54, 1.807) is 12.4 Å². The predicted molar refractivity (Wildman–Crippen MR) is 65.1 cm³/mol. The minimum absolute atomic E-state index is 0.728. The number of hydrogen-bond donors (Lipinski definition) is 1. The molecule has 4 heteroatoms. The van der Waals surface area contributed by atoms with Gasteiger partial charge in [-0.15, -0.1) is 0 Å². The van der Waals surface area contributed by atoms with Crippen molar-refractivity contribution >= 4 is 10.9 Å². The second kappa shape index (κ2) is 3.90. The Bertz CT molecular complexity index is 646. The van der Waals surface area contributed by atoms with Gasteiger partial charge in [0.25, 0.3) is 0 Å². The molecule has 2 aromatic heterocycles. The summed E-state index contributed by atoms with van der Waals surface area (Å²) in [6, 6.07) is 7.64. The molecule has 0 aliphatic carbocycles. The molecule has 0 atom stereocenters. The van der Waals surface area contributed by atoms with Gasteiger partial charge in [0.1, 0.15) is 11.5 Å². The Morgan fingerprint density at radius 3 is 2.94 bits per heavy atom. The highest BCUT2D eigenvalue weighted by molar-refractivity contribution is 5.83. The zero-order chi connectivity index (χ0) is 11.7. The van der Waals surface area contributed by atoms with Crippen LogP contribution in [0.15, 0.2) is 42.9 Å². The molecule has 0 aliphatic rings. The summed E-state index contributed by atoms with van der Waals surface area (Å²) in [6.07, 6.45) is 5.22. The topological polar surface area (TPSA) is 50.8 Å². The quantitative estimate of drug-likeness (QED) is 0.729. The SMILES string of the molecule is Cc1cc(Oc2cccnc2)cc2[nH]ncc12. The average Bonchev–Trinajstić information content (AvgIpc) is 2.79. The molecule has 84 valence electrons. The minimum atomic E-state index is 0.728. The van der Waals surface area contributed by atoms with Crippen molar-refractivity contribution in [3.05, 3.63) is 48.4 Å². The van der Waals surface area contributed by atoms with Crippen molar-refractivity contribution in [2.75, 3.05) is 0 Å². The van der Waals surface area contributed by atoms with E-state index in [2.05, 4.69) is 15.2 Å². The van der Waals surface area contributed by atoms with Crippen LogP contribution in [0.4, 0.5) is 0 Å². The number of rotatable bonds is 2. The highest BCUT2D eigenvalue weighted by atomic mass is 16.5.